The zero-order chi connectivity index (χ0) is 30.0. The summed E-state index contributed by atoms with van der Waals surface area (Å²) in [6.07, 6.45) is 0.706. The van der Waals surface area contributed by atoms with Crippen LogP contribution in [0.3, 0.4) is 0 Å². The van der Waals surface area contributed by atoms with Gasteiger partial charge in [0.2, 0.25) is 5.75 Å². The molecule has 0 amide bonds. The van der Waals surface area contributed by atoms with Gasteiger partial charge in [-0.05, 0) is 42.3 Å². The van der Waals surface area contributed by atoms with Crippen LogP contribution in [0.2, 0.25) is 0 Å². The lowest BCUT2D eigenvalue weighted by molar-refractivity contribution is 0.0342. The summed E-state index contributed by atoms with van der Waals surface area (Å²) in [5, 5.41) is 9.22. The number of morpholine rings is 1. The summed E-state index contributed by atoms with van der Waals surface area (Å²) in [5.41, 5.74) is 3.94. The van der Waals surface area contributed by atoms with Gasteiger partial charge in [0, 0.05) is 62.7 Å². The molecule has 5 rings (SSSR count). The zero-order valence-corrected chi connectivity index (χ0v) is 24.3. The first kappa shape index (κ1) is 30.0. The van der Waals surface area contributed by atoms with E-state index in [9.17, 15) is 14.9 Å². The number of hydrogen-bond donors (Lipinski definition) is 1. The number of nitrogens with zero attached hydrogens (tertiary/aromatic N) is 4. The maximum absolute atomic E-state index is 12.5. The Kier molecular flexibility index (Phi) is 10.2. The second-order valence-electron chi connectivity index (χ2n) is 10.7. The second-order valence-corrected chi connectivity index (χ2v) is 10.7. The minimum atomic E-state index is -0.951. The molecule has 0 spiro atoms. The molecule has 0 aliphatic carbocycles. The minimum Gasteiger partial charge on any atom is -0.434 e. The molecule has 0 bridgehead atoms. The van der Waals surface area contributed by atoms with Crippen molar-refractivity contribution in [3.05, 3.63) is 93.2 Å². The Morgan fingerprint density at radius 3 is 2.40 bits per heavy atom. The normalized spacial score (nSPS) is 16.3. The van der Waals surface area contributed by atoms with Gasteiger partial charge in [0.05, 0.1) is 43.8 Å². The van der Waals surface area contributed by atoms with E-state index in [1.54, 1.807) is 6.92 Å². The summed E-state index contributed by atoms with van der Waals surface area (Å²) in [7, 11) is 0. The standard InChI is InChI=1S/C33H35N5O5/c1-2-42-33(40)43-31-30(35-23-36-32(31)39)17-29(22-38-20-27(18-34)21-38)28-11-9-25(10-12-28)4-3-24-5-7-26(8-6-24)19-37-13-15-41-16-14-37/h5-12,23,27,29H,2,13-17,19-22H2,1H3,(H,35,36,39)/t29-/m1/s1. The summed E-state index contributed by atoms with van der Waals surface area (Å²) < 4.78 is 15.5. The molecule has 0 unspecified atom stereocenters. The third kappa shape index (κ3) is 8.30. The number of benzene rings is 2. The van der Waals surface area contributed by atoms with E-state index in [2.05, 4.69) is 61.9 Å². The average Bonchev–Trinajstić information content (AvgIpc) is 3.00. The maximum atomic E-state index is 12.5. The van der Waals surface area contributed by atoms with Crippen molar-refractivity contribution >= 4 is 6.16 Å². The molecule has 2 saturated heterocycles. The molecule has 2 aliphatic rings. The number of aromatic amines is 1. The number of ether oxygens (including phenoxy) is 3. The van der Waals surface area contributed by atoms with Gasteiger partial charge in [0.15, 0.2) is 0 Å². The number of rotatable bonds is 9. The Morgan fingerprint density at radius 1 is 1.07 bits per heavy atom. The third-order valence-electron chi connectivity index (χ3n) is 7.59. The van der Waals surface area contributed by atoms with Gasteiger partial charge in [-0.25, -0.2) is 9.78 Å². The van der Waals surface area contributed by atoms with Crippen molar-refractivity contribution < 1.29 is 19.0 Å². The van der Waals surface area contributed by atoms with Crippen molar-refractivity contribution in [1.29, 1.82) is 5.26 Å². The van der Waals surface area contributed by atoms with Crippen LogP contribution in [0, 0.1) is 29.1 Å². The molecule has 3 heterocycles. The average molecular weight is 582 g/mol. The van der Waals surface area contributed by atoms with Crippen LogP contribution in [0.15, 0.2) is 59.7 Å². The Balaban J connectivity index is 1.29. The highest BCUT2D eigenvalue weighted by Gasteiger charge is 2.30. The van der Waals surface area contributed by atoms with Gasteiger partial charge in [0.1, 0.15) is 0 Å². The topological polar surface area (TPSA) is 121 Å². The van der Waals surface area contributed by atoms with E-state index in [1.165, 1.54) is 11.9 Å². The molecule has 10 heteroatoms. The summed E-state index contributed by atoms with van der Waals surface area (Å²) in [6.45, 7) is 8.23. The molecule has 2 fully saturated rings. The Morgan fingerprint density at radius 2 is 1.74 bits per heavy atom. The summed E-state index contributed by atoms with van der Waals surface area (Å²) in [6, 6.07) is 18.7. The number of aromatic nitrogens is 2. The molecule has 0 radical (unpaired) electrons. The van der Waals surface area contributed by atoms with Crippen molar-refractivity contribution in [1.82, 2.24) is 19.8 Å². The van der Waals surface area contributed by atoms with Crippen LogP contribution in [0.25, 0.3) is 0 Å². The highest BCUT2D eigenvalue weighted by molar-refractivity contribution is 5.64. The van der Waals surface area contributed by atoms with Gasteiger partial charge in [-0.1, -0.05) is 36.1 Å². The highest BCUT2D eigenvalue weighted by atomic mass is 16.7. The fraction of sp³-hybridized carbons (Fsp3) is 0.394. The number of hydrogen-bond acceptors (Lipinski definition) is 9. The first-order chi connectivity index (χ1) is 21.0. The highest BCUT2D eigenvalue weighted by Crippen LogP contribution is 2.28. The van der Waals surface area contributed by atoms with E-state index in [0.717, 1.165) is 49.5 Å². The second kappa shape index (κ2) is 14.6. The monoisotopic (exact) mass is 581 g/mol. The Bertz CT molecular complexity index is 1540. The van der Waals surface area contributed by atoms with Crippen LogP contribution in [0.4, 0.5) is 4.79 Å². The van der Waals surface area contributed by atoms with E-state index in [0.29, 0.717) is 31.7 Å². The molecule has 43 heavy (non-hydrogen) atoms. The molecule has 2 aliphatic heterocycles. The minimum absolute atomic E-state index is 0.0205. The van der Waals surface area contributed by atoms with Crippen molar-refractivity contribution in [3.63, 3.8) is 0 Å². The van der Waals surface area contributed by atoms with Gasteiger partial charge in [0.25, 0.3) is 5.56 Å². The number of carbonyl (C=O) groups is 1. The van der Waals surface area contributed by atoms with Gasteiger partial charge in [-0.3, -0.25) is 9.69 Å². The van der Waals surface area contributed by atoms with E-state index >= 15 is 0 Å². The first-order valence-electron chi connectivity index (χ1n) is 14.5. The predicted octanol–water partition coefficient (Wildman–Crippen LogP) is 3.32. The zero-order valence-electron chi connectivity index (χ0n) is 24.3. The fourth-order valence-corrected chi connectivity index (χ4v) is 5.23. The molecule has 10 nitrogen and oxygen atoms in total. The maximum Gasteiger partial charge on any atom is 0.514 e. The van der Waals surface area contributed by atoms with Crippen LogP contribution in [0.1, 0.15) is 40.8 Å². The quantitative estimate of drug-likeness (QED) is 0.300. The number of carbonyl (C=O) groups excluding carboxylic acids is 1. The molecule has 222 valence electrons. The number of nitrogens with one attached hydrogen (secondary N) is 1. The predicted molar refractivity (Wildman–Crippen MR) is 159 cm³/mol. The summed E-state index contributed by atoms with van der Waals surface area (Å²) >= 11 is 0. The molecule has 2 aromatic carbocycles. The SMILES string of the molecule is CCOC(=O)Oc1c(C[C@H](CN2CC(C#N)C2)c2ccc(C#Cc3ccc(CN4CCOCC4)cc3)cc2)nc[nH]c1=O. The van der Waals surface area contributed by atoms with Crippen molar-refractivity contribution in [2.45, 2.75) is 25.8 Å². The lowest BCUT2D eigenvalue weighted by Gasteiger charge is -2.37. The smallest absolute Gasteiger partial charge is 0.434 e. The Hall–Kier alpha value is -4.48. The molecule has 1 atom stereocenters. The van der Waals surface area contributed by atoms with Gasteiger partial charge in [-0.2, -0.15) is 5.26 Å². The molecule has 0 saturated carbocycles. The van der Waals surface area contributed by atoms with Crippen LogP contribution >= 0.6 is 0 Å². The van der Waals surface area contributed by atoms with Gasteiger partial charge < -0.3 is 24.1 Å². The molecule has 1 aromatic heterocycles. The number of H-pyrrole nitrogens is 1. The number of nitriles is 1. The van der Waals surface area contributed by atoms with E-state index in [-0.39, 0.29) is 24.2 Å². The molecular weight excluding hydrogens is 546 g/mol. The molecular formula is C33H35N5O5. The fourth-order valence-electron chi connectivity index (χ4n) is 5.23. The van der Waals surface area contributed by atoms with Crippen LogP contribution in [0.5, 0.6) is 5.75 Å². The lowest BCUT2D eigenvalue weighted by Crippen LogP contribution is -2.47. The van der Waals surface area contributed by atoms with Gasteiger partial charge >= 0.3 is 6.16 Å². The molecule has 3 aromatic rings. The van der Waals surface area contributed by atoms with Crippen LogP contribution in [-0.2, 0) is 22.4 Å². The van der Waals surface area contributed by atoms with Crippen LogP contribution < -0.4 is 10.3 Å². The van der Waals surface area contributed by atoms with Crippen molar-refractivity contribution in [3.8, 4) is 23.7 Å². The molecule has 1 N–H and O–H groups in total. The summed E-state index contributed by atoms with van der Waals surface area (Å²) in [4.78, 5) is 35.9. The van der Waals surface area contributed by atoms with E-state index in [1.807, 2.05) is 24.3 Å². The largest absolute Gasteiger partial charge is 0.514 e. The van der Waals surface area contributed by atoms with Gasteiger partial charge in [-0.15, -0.1) is 0 Å². The number of likely N-dealkylation sites (tertiary alicyclic amines) is 1. The summed E-state index contributed by atoms with van der Waals surface area (Å²) in [5.74, 6) is 6.29. The van der Waals surface area contributed by atoms with Crippen LogP contribution in [-0.4, -0.2) is 78.5 Å². The van der Waals surface area contributed by atoms with E-state index in [4.69, 9.17) is 14.2 Å². The third-order valence-corrected chi connectivity index (χ3v) is 7.59. The lowest BCUT2D eigenvalue weighted by atomic mass is 9.90. The van der Waals surface area contributed by atoms with Crippen molar-refractivity contribution in [2.24, 2.45) is 5.92 Å². The van der Waals surface area contributed by atoms with Crippen molar-refractivity contribution in [2.75, 3.05) is 52.5 Å². The Labute approximate surface area is 251 Å². The van der Waals surface area contributed by atoms with E-state index < -0.39 is 11.7 Å². The first-order valence-corrected chi connectivity index (χ1v) is 14.5.